The Balaban J connectivity index is 1.65. The zero-order valence-corrected chi connectivity index (χ0v) is 13.1. The molecule has 22 heavy (non-hydrogen) atoms. The summed E-state index contributed by atoms with van der Waals surface area (Å²) in [6.45, 7) is 0. The number of amides is 2. The summed E-state index contributed by atoms with van der Waals surface area (Å²) in [5, 5.41) is 25.3. The Hall–Kier alpha value is -1.14. The maximum Gasteiger partial charge on any atom is 0.220 e. The second-order valence-electron chi connectivity index (χ2n) is 6.55. The van der Waals surface area contributed by atoms with Gasteiger partial charge in [0.2, 0.25) is 11.8 Å². The van der Waals surface area contributed by atoms with Crippen molar-refractivity contribution in [2.75, 3.05) is 0 Å². The van der Waals surface area contributed by atoms with Gasteiger partial charge in [0.15, 0.2) is 0 Å². The Morgan fingerprint density at radius 2 is 1.09 bits per heavy atom. The van der Waals surface area contributed by atoms with Gasteiger partial charge in [0, 0.05) is 12.8 Å². The maximum atomic E-state index is 11.9. The largest absolute Gasteiger partial charge is 0.391 e. The third-order valence-corrected chi connectivity index (χ3v) is 4.73. The van der Waals surface area contributed by atoms with E-state index in [0.717, 1.165) is 51.4 Å². The molecular weight excluding hydrogens is 284 g/mol. The second-order valence-corrected chi connectivity index (χ2v) is 6.55. The minimum Gasteiger partial charge on any atom is -0.391 e. The van der Waals surface area contributed by atoms with Crippen LogP contribution < -0.4 is 10.6 Å². The Kier molecular flexibility index (Phi) is 6.64. The SMILES string of the molecule is O=C(CCC(=O)NC1CCCCC1O)NC1CCCCC1O. The Bertz CT molecular complexity index is 352. The van der Waals surface area contributed by atoms with Crippen LogP contribution in [0.2, 0.25) is 0 Å². The minimum atomic E-state index is -0.469. The number of hydrogen-bond donors (Lipinski definition) is 4. The Morgan fingerprint density at radius 1 is 0.727 bits per heavy atom. The van der Waals surface area contributed by atoms with E-state index in [9.17, 15) is 19.8 Å². The number of nitrogens with one attached hydrogen (secondary N) is 2. The van der Waals surface area contributed by atoms with Gasteiger partial charge in [-0.3, -0.25) is 9.59 Å². The number of carbonyl (C=O) groups excluding carboxylic acids is 2. The van der Waals surface area contributed by atoms with Crippen molar-refractivity contribution in [2.24, 2.45) is 0 Å². The van der Waals surface area contributed by atoms with Crippen LogP contribution >= 0.6 is 0 Å². The fourth-order valence-corrected chi connectivity index (χ4v) is 3.34. The van der Waals surface area contributed by atoms with Crippen LogP contribution in [-0.4, -0.2) is 46.3 Å². The molecule has 126 valence electrons. The first-order chi connectivity index (χ1) is 10.6. The molecule has 2 rings (SSSR count). The fraction of sp³-hybridized carbons (Fsp3) is 0.875. The van der Waals surface area contributed by atoms with Crippen molar-refractivity contribution in [3.05, 3.63) is 0 Å². The zero-order chi connectivity index (χ0) is 15.9. The molecule has 0 saturated heterocycles. The number of aliphatic hydroxyl groups is 2. The smallest absolute Gasteiger partial charge is 0.220 e. The quantitative estimate of drug-likeness (QED) is 0.597. The first kappa shape index (κ1) is 17.2. The molecule has 0 heterocycles. The molecule has 6 heteroatoms. The monoisotopic (exact) mass is 312 g/mol. The van der Waals surface area contributed by atoms with E-state index >= 15 is 0 Å². The molecule has 2 aliphatic rings. The molecule has 0 aromatic heterocycles. The predicted octanol–water partition coefficient (Wildman–Crippen LogP) is 0.606. The standard InChI is InChI=1S/C16H28N2O4/c19-13-7-3-1-5-11(13)17-15(21)9-10-16(22)18-12-6-2-4-8-14(12)20/h11-14,19-20H,1-10H2,(H,17,21)(H,18,22). The van der Waals surface area contributed by atoms with Crippen molar-refractivity contribution in [2.45, 2.75) is 88.5 Å². The molecule has 0 aromatic rings. The molecule has 4 atom stereocenters. The maximum absolute atomic E-state index is 11.9. The molecule has 2 amide bonds. The molecular formula is C16H28N2O4. The average Bonchev–Trinajstić information content (AvgIpc) is 2.50. The lowest BCUT2D eigenvalue weighted by atomic mass is 9.92. The first-order valence-corrected chi connectivity index (χ1v) is 8.51. The van der Waals surface area contributed by atoms with Gasteiger partial charge < -0.3 is 20.8 Å². The van der Waals surface area contributed by atoms with E-state index in [-0.39, 0.29) is 36.7 Å². The summed E-state index contributed by atoms with van der Waals surface area (Å²) in [4.78, 5) is 23.7. The van der Waals surface area contributed by atoms with Crippen LogP contribution in [0.3, 0.4) is 0 Å². The van der Waals surface area contributed by atoms with Crippen LogP contribution in [0.4, 0.5) is 0 Å². The van der Waals surface area contributed by atoms with Crippen LogP contribution in [0.5, 0.6) is 0 Å². The van der Waals surface area contributed by atoms with E-state index in [1.165, 1.54) is 0 Å². The van der Waals surface area contributed by atoms with Crippen LogP contribution in [0.25, 0.3) is 0 Å². The topological polar surface area (TPSA) is 98.7 Å². The molecule has 4 N–H and O–H groups in total. The molecule has 2 fully saturated rings. The molecule has 0 spiro atoms. The van der Waals surface area contributed by atoms with Gasteiger partial charge in [0.05, 0.1) is 24.3 Å². The first-order valence-electron chi connectivity index (χ1n) is 8.51. The number of hydrogen-bond acceptors (Lipinski definition) is 4. The van der Waals surface area contributed by atoms with E-state index in [2.05, 4.69) is 10.6 Å². The van der Waals surface area contributed by atoms with Gasteiger partial charge in [-0.1, -0.05) is 25.7 Å². The molecule has 2 saturated carbocycles. The highest BCUT2D eigenvalue weighted by Crippen LogP contribution is 2.19. The van der Waals surface area contributed by atoms with Crippen molar-refractivity contribution in [3.8, 4) is 0 Å². The van der Waals surface area contributed by atoms with Crippen molar-refractivity contribution in [1.82, 2.24) is 10.6 Å². The summed E-state index contributed by atoms with van der Waals surface area (Å²) in [5.74, 6) is -0.379. The highest BCUT2D eigenvalue weighted by Gasteiger charge is 2.26. The van der Waals surface area contributed by atoms with Crippen molar-refractivity contribution in [1.29, 1.82) is 0 Å². The number of rotatable bonds is 5. The van der Waals surface area contributed by atoms with E-state index < -0.39 is 12.2 Å². The second kappa shape index (κ2) is 8.48. The number of aliphatic hydroxyl groups excluding tert-OH is 2. The van der Waals surface area contributed by atoms with Gasteiger partial charge in [-0.05, 0) is 25.7 Å². The lowest BCUT2D eigenvalue weighted by Crippen LogP contribution is -2.46. The van der Waals surface area contributed by atoms with Crippen LogP contribution in [-0.2, 0) is 9.59 Å². The van der Waals surface area contributed by atoms with Gasteiger partial charge in [0.1, 0.15) is 0 Å². The predicted molar refractivity (Wildman–Crippen MR) is 82.0 cm³/mol. The highest BCUT2D eigenvalue weighted by molar-refractivity contribution is 5.84. The Morgan fingerprint density at radius 3 is 1.45 bits per heavy atom. The van der Waals surface area contributed by atoms with E-state index in [1.54, 1.807) is 0 Å². The molecule has 6 nitrogen and oxygen atoms in total. The highest BCUT2D eigenvalue weighted by atomic mass is 16.3. The van der Waals surface area contributed by atoms with Crippen LogP contribution in [0.15, 0.2) is 0 Å². The van der Waals surface area contributed by atoms with Crippen LogP contribution in [0, 0.1) is 0 Å². The third-order valence-electron chi connectivity index (χ3n) is 4.73. The summed E-state index contributed by atoms with van der Waals surface area (Å²) >= 11 is 0. The lowest BCUT2D eigenvalue weighted by molar-refractivity contribution is -0.128. The molecule has 2 aliphatic carbocycles. The Labute approximate surface area is 131 Å². The summed E-state index contributed by atoms with van der Waals surface area (Å²) in [6, 6.07) is -0.353. The molecule has 0 radical (unpaired) electrons. The zero-order valence-electron chi connectivity index (χ0n) is 13.1. The summed E-state index contributed by atoms with van der Waals surface area (Å²) in [6.07, 6.45) is 6.39. The van der Waals surface area contributed by atoms with Crippen molar-refractivity contribution < 1.29 is 19.8 Å². The summed E-state index contributed by atoms with van der Waals surface area (Å²) < 4.78 is 0. The summed E-state index contributed by atoms with van der Waals surface area (Å²) in [5.41, 5.74) is 0. The minimum absolute atomic E-state index is 0.123. The van der Waals surface area contributed by atoms with Gasteiger partial charge in [0.25, 0.3) is 0 Å². The van der Waals surface area contributed by atoms with Crippen molar-refractivity contribution >= 4 is 11.8 Å². The van der Waals surface area contributed by atoms with E-state index in [1.807, 2.05) is 0 Å². The van der Waals surface area contributed by atoms with Crippen LogP contribution in [0.1, 0.15) is 64.2 Å². The average molecular weight is 312 g/mol. The normalized spacial score (nSPS) is 32.3. The van der Waals surface area contributed by atoms with Crippen molar-refractivity contribution in [3.63, 3.8) is 0 Å². The number of carbonyl (C=O) groups is 2. The van der Waals surface area contributed by atoms with E-state index in [4.69, 9.17) is 0 Å². The molecule has 4 unspecified atom stereocenters. The fourth-order valence-electron chi connectivity index (χ4n) is 3.34. The molecule has 0 aromatic carbocycles. The molecule has 0 bridgehead atoms. The summed E-state index contributed by atoms with van der Waals surface area (Å²) in [7, 11) is 0. The lowest BCUT2D eigenvalue weighted by Gasteiger charge is -2.29. The van der Waals surface area contributed by atoms with Gasteiger partial charge >= 0.3 is 0 Å². The third kappa shape index (κ3) is 5.25. The van der Waals surface area contributed by atoms with Gasteiger partial charge in [-0.15, -0.1) is 0 Å². The van der Waals surface area contributed by atoms with E-state index in [0.29, 0.717) is 0 Å². The van der Waals surface area contributed by atoms with Gasteiger partial charge in [-0.25, -0.2) is 0 Å². The van der Waals surface area contributed by atoms with Gasteiger partial charge in [-0.2, -0.15) is 0 Å². The molecule has 0 aliphatic heterocycles.